The highest BCUT2D eigenvalue weighted by Gasteiger charge is 2.05. The first-order valence-corrected chi connectivity index (χ1v) is 14.6. The Balaban J connectivity index is 0.00000192. The minimum absolute atomic E-state index is 0.170. The van der Waals surface area contributed by atoms with Gasteiger partial charge in [0.1, 0.15) is 0 Å². The first-order valence-electron chi connectivity index (χ1n) is 14.6. The molecule has 4 heteroatoms. The van der Waals surface area contributed by atoms with E-state index in [0.29, 0.717) is 12.2 Å². The first kappa shape index (κ1) is 34.6. The molecule has 0 aliphatic carbocycles. The monoisotopic (exact) mass is 514 g/mol. The lowest BCUT2D eigenvalue weighted by Gasteiger charge is -2.06. The molecule has 0 fully saturated rings. The number of esters is 1. The third-order valence-corrected chi connectivity index (χ3v) is 6.40. The Hall–Kier alpha value is -2.36. The molecule has 0 radical (unpaired) electrons. The van der Waals surface area contributed by atoms with Crippen LogP contribution in [0.4, 0.5) is 0 Å². The number of carboxylic acid groups (broad SMARTS) is 1. The Labute approximate surface area is 227 Å². The van der Waals surface area contributed by atoms with E-state index in [1.807, 2.05) is 31.2 Å². The maximum atomic E-state index is 12.0. The van der Waals surface area contributed by atoms with Gasteiger partial charge in [0.2, 0.25) is 0 Å². The van der Waals surface area contributed by atoms with Crippen LogP contribution >= 0.6 is 0 Å². The maximum absolute atomic E-state index is 12.0. The molecule has 0 aliphatic heterocycles. The van der Waals surface area contributed by atoms with Gasteiger partial charge in [-0.15, -0.1) is 0 Å². The van der Waals surface area contributed by atoms with E-state index in [2.05, 4.69) is 25.6 Å². The molecule has 0 bridgehead atoms. The summed E-state index contributed by atoms with van der Waals surface area (Å²) in [6.07, 6.45) is 24.4. The molecule has 1 N–H and O–H groups in total. The van der Waals surface area contributed by atoms with Crippen LogP contribution in [0.3, 0.4) is 0 Å². The van der Waals surface area contributed by atoms with E-state index in [1.165, 1.54) is 102 Å². The van der Waals surface area contributed by atoms with Crippen LogP contribution < -0.4 is 0 Å². The second-order valence-corrected chi connectivity index (χ2v) is 10.1. The molecule has 0 atom stereocenters. The van der Waals surface area contributed by atoms with Gasteiger partial charge in [-0.1, -0.05) is 146 Å². The fourth-order valence-electron chi connectivity index (χ4n) is 3.90. The molecular formula is C33H54O4. The Morgan fingerprint density at radius 1 is 0.757 bits per heavy atom. The van der Waals surface area contributed by atoms with Crippen LogP contribution in [-0.2, 0) is 20.7 Å². The highest BCUT2D eigenvalue weighted by molar-refractivity contribution is 5.87. The Morgan fingerprint density at radius 2 is 1.16 bits per heavy atom. The minimum Gasteiger partial charge on any atom is -0.478 e. The molecule has 0 aromatic heterocycles. The van der Waals surface area contributed by atoms with E-state index >= 15 is 0 Å². The summed E-state index contributed by atoms with van der Waals surface area (Å²) >= 11 is 0. The molecular weight excluding hydrogens is 460 g/mol. The number of carboxylic acids is 1. The van der Waals surface area contributed by atoms with Crippen molar-refractivity contribution in [1.82, 2.24) is 0 Å². The summed E-state index contributed by atoms with van der Waals surface area (Å²) in [7, 11) is 0. The summed E-state index contributed by atoms with van der Waals surface area (Å²) in [6.45, 7) is 9.28. The molecule has 0 saturated carbocycles. The minimum atomic E-state index is -0.935. The molecule has 210 valence electrons. The number of hydrogen-bond acceptors (Lipinski definition) is 3. The fraction of sp³-hybridized carbons (Fsp3) is 0.636. The fourth-order valence-corrected chi connectivity index (χ4v) is 3.90. The zero-order valence-electron chi connectivity index (χ0n) is 24.1. The molecule has 1 aromatic rings. The van der Waals surface area contributed by atoms with Crippen LogP contribution in [0.2, 0.25) is 0 Å². The van der Waals surface area contributed by atoms with Crippen molar-refractivity contribution in [3.05, 3.63) is 59.7 Å². The van der Waals surface area contributed by atoms with Crippen molar-refractivity contribution in [2.45, 2.75) is 130 Å². The van der Waals surface area contributed by atoms with E-state index in [0.717, 1.165) is 19.3 Å². The summed E-state index contributed by atoms with van der Waals surface area (Å²) in [4.78, 5) is 21.6. The van der Waals surface area contributed by atoms with Gasteiger partial charge in [0, 0.05) is 11.1 Å². The van der Waals surface area contributed by atoms with Crippen molar-refractivity contribution in [3.63, 3.8) is 0 Å². The Morgan fingerprint density at radius 3 is 1.57 bits per heavy atom. The topological polar surface area (TPSA) is 63.6 Å². The van der Waals surface area contributed by atoms with Gasteiger partial charge in [0.25, 0.3) is 0 Å². The van der Waals surface area contributed by atoms with Gasteiger partial charge in [-0.05, 0) is 32.3 Å². The lowest BCUT2D eigenvalue weighted by atomic mass is 10.0. The van der Waals surface area contributed by atoms with Gasteiger partial charge in [0.15, 0.2) is 0 Å². The number of benzene rings is 1. The van der Waals surface area contributed by atoms with Gasteiger partial charge >= 0.3 is 11.9 Å². The highest BCUT2D eigenvalue weighted by Crippen LogP contribution is 2.14. The van der Waals surface area contributed by atoms with Gasteiger partial charge in [0.05, 0.1) is 6.61 Å². The number of unbranched alkanes of at least 4 members (excludes halogenated alkanes) is 15. The Kier molecular flexibility index (Phi) is 23.7. The van der Waals surface area contributed by atoms with Gasteiger partial charge in [-0.25, -0.2) is 9.59 Å². The summed E-state index contributed by atoms with van der Waals surface area (Å²) in [5.41, 5.74) is 2.10. The third kappa shape index (κ3) is 23.8. The Bertz CT molecular complexity index is 724. The second kappa shape index (κ2) is 25.3. The van der Waals surface area contributed by atoms with Crippen LogP contribution in [0.25, 0.3) is 0 Å². The van der Waals surface area contributed by atoms with Crippen molar-refractivity contribution in [3.8, 4) is 0 Å². The van der Waals surface area contributed by atoms with E-state index in [-0.39, 0.29) is 11.5 Å². The zero-order valence-corrected chi connectivity index (χ0v) is 24.1. The number of allylic oxidation sites excluding steroid dienone is 1. The molecule has 1 aromatic carbocycles. The van der Waals surface area contributed by atoms with E-state index in [9.17, 15) is 9.59 Å². The molecule has 0 aliphatic rings. The van der Waals surface area contributed by atoms with Crippen molar-refractivity contribution >= 4 is 11.9 Å². The standard InChI is InChI=1S/C29H48O2.C4H6O2/c1-3-4-5-6-7-8-9-10-11-12-13-14-15-16-17-21-26-31-29(30)27(2)24-25-28-22-19-18-20-23-28;1-3(2)4(5)6/h18-20,22-24H,3-17,21,25-26H2,1-2H3;1H2,2H3,(H,5,6). The number of ether oxygens (including phenoxy) is 1. The predicted octanol–water partition coefficient (Wildman–Crippen LogP) is 9.63. The number of rotatable bonds is 21. The first-order chi connectivity index (χ1) is 17.9. The van der Waals surface area contributed by atoms with Crippen molar-refractivity contribution in [2.75, 3.05) is 6.61 Å². The van der Waals surface area contributed by atoms with Crippen molar-refractivity contribution < 1.29 is 19.4 Å². The number of aliphatic carboxylic acids is 1. The predicted molar refractivity (Wildman–Crippen MR) is 157 cm³/mol. The lowest BCUT2D eigenvalue weighted by molar-refractivity contribution is -0.139. The quantitative estimate of drug-likeness (QED) is 0.101. The SMILES string of the molecule is C=C(C)C(=O)O.CCCCCCCCCCCCCCCCCCOC(=O)C(C)=CCc1ccccc1. The highest BCUT2D eigenvalue weighted by atomic mass is 16.5. The largest absolute Gasteiger partial charge is 0.478 e. The summed E-state index contributed by atoms with van der Waals surface area (Å²) in [6, 6.07) is 10.2. The van der Waals surface area contributed by atoms with Gasteiger partial charge in [-0.2, -0.15) is 0 Å². The molecule has 1 rings (SSSR count). The van der Waals surface area contributed by atoms with Gasteiger partial charge < -0.3 is 9.84 Å². The summed E-state index contributed by atoms with van der Waals surface area (Å²) < 4.78 is 5.40. The maximum Gasteiger partial charge on any atom is 0.333 e. The van der Waals surface area contributed by atoms with Crippen LogP contribution in [0.15, 0.2) is 54.1 Å². The van der Waals surface area contributed by atoms with E-state index in [4.69, 9.17) is 9.84 Å². The summed E-state index contributed by atoms with van der Waals surface area (Å²) in [5, 5.41) is 7.89. The average molecular weight is 515 g/mol. The van der Waals surface area contributed by atoms with Crippen LogP contribution in [0, 0.1) is 0 Å². The molecule has 0 saturated heterocycles. The normalized spacial score (nSPS) is 10.9. The zero-order chi connectivity index (χ0) is 27.6. The number of carbonyl (C=O) groups is 2. The van der Waals surface area contributed by atoms with Gasteiger partial charge in [-0.3, -0.25) is 0 Å². The molecule has 0 unspecified atom stereocenters. The smallest absolute Gasteiger partial charge is 0.333 e. The van der Waals surface area contributed by atoms with Crippen molar-refractivity contribution in [1.29, 1.82) is 0 Å². The van der Waals surface area contributed by atoms with Crippen LogP contribution in [0.1, 0.15) is 129 Å². The number of carbonyl (C=O) groups excluding carboxylic acids is 1. The van der Waals surface area contributed by atoms with Crippen LogP contribution in [-0.4, -0.2) is 23.7 Å². The van der Waals surface area contributed by atoms with Crippen LogP contribution in [0.5, 0.6) is 0 Å². The molecule has 4 nitrogen and oxygen atoms in total. The summed E-state index contributed by atoms with van der Waals surface area (Å²) in [5.74, 6) is -1.10. The lowest BCUT2D eigenvalue weighted by Crippen LogP contribution is -2.07. The molecule has 0 amide bonds. The molecule has 0 heterocycles. The molecule has 37 heavy (non-hydrogen) atoms. The van der Waals surface area contributed by atoms with E-state index in [1.54, 1.807) is 0 Å². The second-order valence-electron chi connectivity index (χ2n) is 10.1. The average Bonchev–Trinajstić information content (AvgIpc) is 2.89. The van der Waals surface area contributed by atoms with Crippen molar-refractivity contribution in [2.24, 2.45) is 0 Å². The third-order valence-electron chi connectivity index (χ3n) is 6.40. The number of hydrogen-bond donors (Lipinski definition) is 1. The molecule has 0 spiro atoms. The van der Waals surface area contributed by atoms with E-state index < -0.39 is 5.97 Å².